The SMILES string of the molecule is CCOCCN1CC[C@H](C)[C@@H](C)C1c1cccc(O)c1. The van der Waals surface area contributed by atoms with Crippen LogP contribution < -0.4 is 0 Å². The van der Waals surface area contributed by atoms with Crippen LogP contribution in [0, 0.1) is 11.8 Å². The summed E-state index contributed by atoms with van der Waals surface area (Å²) in [5.41, 5.74) is 1.22. The molecule has 20 heavy (non-hydrogen) atoms. The predicted molar refractivity (Wildman–Crippen MR) is 81.9 cm³/mol. The molecule has 0 aliphatic carbocycles. The Hall–Kier alpha value is -1.06. The van der Waals surface area contributed by atoms with Crippen molar-refractivity contribution < 1.29 is 9.84 Å². The Morgan fingerprint density at radius 3 is 2.85 bits per heavy atom. The van der Waals surface area contributed by atoms with Crippen LogP contribution in [0.1, 0.15) is 38.8 Å². The van der Waals surface area contributed by atoms with E-state index >= 15 is 0 Å². The van der Waals surface area contributed by atoms with Crippen LogP contribution in [0.15, 0.2) is 24.3 Å². The van der Waals surface area contributed by atoms with E-state index in [0.717, 1.165) is 26.3 Å². The Labute approximate surface area is 122 Å². The highest BCUT2D eigenvalue weighted by atomic mass is 16.5. The fraction of sp³-hybridized carbons (Fsp3) is 0.647. The lowest BCUT2D eigenvalue weighted by atomic mass is 9.79. The zero-order valence-electron chi connectivity index (χ0n) is 12.9. The Morgan fingerprint density at radius 1 is 1.35 bits per heavy atom. The third-order valence-electron chi connectivity index (χ3n) is 4.60. The molecule has 1 fully saturated rings. The van der Waals surface area contributed by atoms with Crippen LogP contribution in [0.4, 0.5) is 0 Å². The highest BCUT2D eigenvalue weighted by molar-refractivity contribution is 5.30. The Bertz CT molecular complexity index is 421. The van der Waals surface area contributed by atoms with E-state index in [0.29, 0.717) is 23.6 Å². The minimum absolute atomic E-state index is 0.359. The molecule has 112 valence electrons. The van der Waals surface area contributed by atoms with Crippen molar-refractivity contribution in [2.24, 2.45) is 11.8 Å². The molecule has 1 aromatic carbocycles. The molecule has 1 N–H and O–H groups in total. The minimum Gasteiger partial charge on any atom is -0.508 e. The molecule has 0 amide bonds. The molecule has 1 unspecified atom stereocenters. The van der Waals surface area contributed by atoms with Crippen LogP contribution in [0.2, 0.25) is 0 Å². The predicted octanol–water partition coefficient (Wildman–Crippen LogP) is 3.45. The normalized spacial score (nSPS) is 27.6. The topological polar surface area (TPSA) is 32.7 Å². The third-order valence-corrected chi connectivity index (χ3v) is 4.60. The average Bonchev–Trinajstić information content (AvgIpc) is 2.43. The first-order valence-corrected chi connectivity index (χ1v) is 7.74. The maximum Gasteiger partial charge on any atom is 0.115 e. The summed E-state index contributed by atoms with van der Waals surface area (Å²) in [6, 6.07) is 8.10. The van der Waals surface area contributed by atoms with Gasteiger partial charge < -0.3 is 9.84 Å². The molecule has 1 aliphatic heterocycles. The molecular weight excluding hydrogens is 250 g/mol. The number of phenolic OH excluding ortho intramolecular Hbond substituents is 1. The molecule has 1 aliphatic rings. The molecule has 0 bridgehead atoms. The number of benzene rings is 1. The van der Waals surface area contributed by atoms with Crippen molar-refractivity contribution in [1.29, 1.82) is 0 Å². The lowest BCUT2D eigenvalue weighted by Crippen LogP contribution is -2.43. The van der Waals surface area contributed by atoms with Crippen LogP contribution in [-0.4, -0.2) is 36.3 Å². The van der Waals surface area contributed by atoms with Crippen molar-refractivity contribution in [2.45, 2.75) is 33.2 Å². The van der Waals surface area contributed by atoms with E-state index < -0.39 is 0 Å². The van der Waals surface area contributed by atoms with Crippen molar-refractivity contribution in [3.63, 3.8) is 0 Å². The average molecular weight is 277 g/mol. The zero-order valence-corrected chi connectivity index (χ0v) is 12.9. The number of nitrogens with zero attached hydrogens (tertiary/aromatic N) is 1. The zero-order chi connectivity index (χ0) is 14.5. The summed E-state index contributed by atoms with van der Waals surface area (Å²) in [4.78, 5) is 2.51. The van der Waals surface area contributed by atoms with Gasteiger partial charge in [0.2, 0.25) is 0 Å². The highest BCUT2D eigenvalue weighted by Gasteiger charge is 2.33. The van der Waals surface area contributed by atoms with Crippen molar-refractivity contribution >= 4 is 0 Å². The molecule has 0 radical (unpaired) electrons. The number of ether oxygens (including phenoxy) is 1. The summed E-state index contributed by atoms with van der Waals surface area (Å²) in [5, 5.41) is 9.75. The molecule has 3 heteroatoms. The summed E-state index contributed by atoms with van der Waals surface area (Å²) in [6.45, 7) is 10.3. The van der Waals surface area contributed by atoms with E-state index in [9.17, 15) is 5.11 Å². The highest BCUT2D eigenvalue weighted by Crippen LogP contribution is 2.39. The molecule has 3 atom stereocenters. The molecule has 0 aromatic heterocycles. The fourth-order valence-corrected chi connectivity index (χ4v) is 3.22. The number of piperidine rings is 1. The number of phenols is 1. The third kappa shape index (κ3) is 3.53. The molecular formula is C17H27NO2. The van der Waals surface area contributed by atoms with Gasteiger partial charge in [-0.15, -0.1) is 0 Å². The van der Waals surface area contributed by atoms with Gasteiger partial charge in [0.05, 0.1) is 6.61 Å². The lowest BCUT2D eigenvalue weighted by Gasteiger charge is -2.43. The van der Waals surface area contributed by atoms with E-state index in [1.54, 1.807) is 6.07 Å². The maximum atomic E-state index is 9.75. The fourth-order valence-electron chi connectivity index (χ4n) is 3.22. The first-order valence-electron chi connectivity index (χ1n) is 7.74. The Kier molecular flexibility index (Phi) is 5.44. The molecule has 0 spiro atoms. The largest absolute Gasteiger partial charge is 0.508 e. The number of hydrogen-bond donors (Lipinski definition) is 1. The van der Waals surface area contributed by atoms with Crippen molar-refractivity contribution in [3.8, 4) is 5.75 Å². The number of likely N-dealkylation sites (tertiary alicyclic amines) is 1. The molecule has 2 rings (SSSR count). The van der Waals surface area contributed by atoms with Gasteiger partial charge in [-0.1, -0.05) is 26.0 Å². The first kappa shape index (κ1) is 15.3. The molecule has 1 saturated heterocycles. The van der Waals surface area contributed by atoms with E-state index in [2.05, 4.69) is 24.8 Å². The molecule has 1 aromatic rings. The van der Waals surface area contributed by atoms with Gasteiger partial charge in [0.1, 0.15) is 5.75 Å². The van der Waals surface area contributed by atoms with Crippen LogP contribution in [0.25, 0.3) is 0 Å². The van der Waals surface area contributed by atoms with Crippen LogP contribution in [-0.2, 0) is 4.74 Å². The van der Waals surface area contributed by atoms with Gasteiger partial charge in [-0.3, -0.25) is 4.90 Å². The van der Waals surface area contributed by atoms with Gasteiger partial charge in [-0.2, -0.15) is 0 Å². The summed E-state index contributed by atoms with van der Waals surface area (Å²) < 4.78 is 5.52. The second-order valence-corrected chi connectivity index (χ2v) is 5.90. The number of hydrogen-bond acceptors (Lipinski definition) is 3. The van der Waals surface area contributed by atoms with E-state index in [1.165, 1.54) is 12.0 Å². The van der Waals surface area contributed by atoms with Crippen LogP contribution in [0.5, 0.6) is 5.75 Å². The smallest absolute Gasteiger partial charge is 0.115 e. The van der Waals surface area contributed by atoms with Gasteiger partial charge >= 0.3 is 0 Å². The minimum atomic E-state index is 0.359. The summed E-state index contributed by atoms with van der Waals surface area (Å²) >= 11 is 0. The van der Waals surface area contributed by atoms with Gasteiger partial charge in [0, 0.05) is 19.2 Å². The van der Waals surface area contributed by atoms with Gasteiger partial charge in [-0.05, 0) is 49.4 Å². The number of rotatable bonds is 5. The van der Waals surface area contributed by atoms with Gasteiger partial charge in [-0.25, -0.2) is 0 Å². The van der Waals surface area contributed by atoms with E-state index in [-0.39, 0.29) is 0 Å². The lowest BCUT2D eigenvalue weighted by molar-refractivity contribution is 0.0324. The van der Waals surface area contributed by atoms with Crippen LogP contribution >= 0.6 is 0 Å². The van der Waals surface area contributed by atoms with Gasteiger partial charge in [0.15, 0.2) is 0 Å². The maximum absolute atomic E-state index is 9.75. The van der Waals surface area contributed by atoms with Crippen LogP contribution in [0.3, 0.4) is 0 Å². The molecule has 0 saturated carbocycles. The summed E-state index contributed by atoms with van der Waals surface area (Å²) in [5.74, 6) is 1.66. The number of aromatic hydroxyl groups is 1. The summed E-state index contributed by atoms with van der Waals surface area (Å²) in [6.07, 6.45) is 1.24. The van der Waals surface area contributed by atoms with Crippen molar-refractivity contribution in [1.82, 2.24) is 4.90 Å². The summed E-state index contributed by atoms with van der Waals surface area (Å²) in [7, 11) is 0. The molecule has 3 nitrogen and oxygen atoms in total. The second-order valence-electron chi connectivity index (χ2n) is 5.90. The Morgan fingerprint density at radius 2 is 2.15 bits per heavy atom. The second kappa shape index (κ2) is 7.09. The van der Waals surface area contributed by atoms with Gasteiger partial charge in [0.25, 0.3) is 0 Å². The standard InChI is InChI=1S/C17H27NO2/c1-4-20-11-10-18-9-8-13(2)14(3)17(18)15-6-5-7-16(19)12-15/h5-7,12-14,17,19H,4,8-11H2,1-3H3/t13-,14+,17?/m0/s1. The monoisotopic (exact) mass is 277 g/mol. The quantitative estimate of drug-likeness (QED) is 0.837. The van der Waals surface area contributed by atoms with Crippen molar-refractivity contribution in [2.75, 3.05) is 26.3 Å². The van der Waals surface area contributed by atoms with E-state index in [4.69, 9.17) is 4.74 Å². The first-order chi connectivity index (χ1) is 9.63. The Balaban J connectivity index is 2.17. The van der Waals surface area contributed by atoms with Crippen molar-refractivity contribution in [3.05, 3.63) is 29.8 Å². The molecule has 1 heterocycles. The van der Waals surface area contributed by atoms with E-state index in [1.807, 2.05) is 19.1 Å².